The maximum atomic E-state index is 9.28. The number of aromatic nitrogens is 2. The number of halogens is 2. The van der Waals surface area contributed by atoms with Crippen molar-refractivity contribution in [2.45, 2.75) is 19.9 Å². The first kappa shape index (κ1) is 16.1. The monoisotopic (exact) mass is 350 g/mol. The number of aryl methyl sites for hydroxylation is 1. The van der Waals surface area contributed by atoms with Crippen LogP contribution in [0.2, 0.25) is 10.0 Å². The predicted molar refractivity (Wildman–Crippen MR) is 91.0 cm³/mol. The van der Waals surface area contributed by atoms with Gasteiger partial charge in [-0.1, -0.05) is 23.2 Å². The zero-order chi connectivity index (χ0) is 16.4. The van der Waals surface area contributed by atoms with E-state index < -0.39 is 0 Å². The van der Waals surface area contributed by atoms with Gasteiger partial charge in [-0.05, 0) is 42.8 Å². The molecule has 1 N–H and O–H groups in total. The predicted octanol–water partition coefficient (Wildman–Crippen LogP) is 4.34. The minimum atomic E-state index is 0.0112. The van der Waals surface area contributed by atoms with Crippen molar-refractivity contribution < 1.29 is 9.52 Å². The lowest BCUT2D eigenvalue weighted by Crippen LogP contribution is -2.06. The largest absolute Gasteiger partial charge is 0.463 e. The molecule has 0 bridgehead atoms. The summed E-state index contributed by atoms with van der Waals surface area (Å²) in [7, 11) is 0. The van der Waals surface area contributed by atoms with Gasteiger partial charge in [0.05, 0.1) is 25.1 Å². The van der Waals surface area contributed by atoms with Crippen LogP contribution in [0.25, 0.3) is 11.5 Å². The third kappa shape index (κ3) is 3.44. The van der Waals surface area contributed by atoms with E-state index in [9.17, 15) is 5.11 Å². The summed E-state index contributed by atoms with van der Waals surface area (Å²) >= 11 is 12.2. The number of furan rings is 1. The van der Waals surface area contributed by atoms with Gasteiger partial charge < -0.3 is 9.52 Å². The van der Waals surface area contributed by atoms with E-state index in [2.05, 4.69) is 5.10 Å². The number of aliphatic hydroxyl groups is 1. The molecule has 0 aliphatic rings. The van der Waals surface area contributed by atoms with E-state index in [1.807, 2.05) is 31.2 Å². The highest BCUT2D eigenvalue weighted by molar-refractivity contribution is 6.34. The fourth-order valence-electron chi connectivity index (χ4n) is 2.69. The molecule has 2 aromatic heterocycles. The maximum absolute atomic E-state index is 9.28. The van der Waals surface area contributed by atoms with Gasteiger partial charge in [0.1, 0.15) is 5.69 Å². The standard InChI is InChI=1S/C17H16Cl2N2O2/c1-11-15(9-12-7-13(18)10-14(19)8-12)17(16-3-2-6-23-16)21(20-11)4-5-22/h2-3,6-8,10,22H,4-5,9H2,1H3. The van der Waals surface area contributed by atoms with E-state index in [0.29, 0.717) is 23.0 Å². The molecule has 0 atom stereocenters. The van der Waals surface area contributed by atoms with Gasteiger partial charge in [-0.15, -0.1) is 0 Å². The molecule has 0 spiro atoms. The Hall–Kier alpha value is -1.75. The number of hydrogen-bond acceptors (Lipinski definition) is 3. The highest BCUT2D eigenvalue weighted by atomic mass is 35.5. The van der Waals surface area contributed by atoms with Crippen molar-refractivity contribution in [2.24, 2.45) is 0 Å². The van der Waals surface area contributed by atoms with E-state index in [-0.39, 0.29) is 6.61 Å². The molecule has 3 aromatic rings. The number of benzene rings is 1. The van der Waals surface area contributed by atoms with Crippen LogP contribution in [0.1, 0.15) is 16.8 Å². The number of aliphatic hydroxyl groups excluding tert-OH is 1. The summed E-state index contributed by atoms with van der Waals surface area (Å²) in [5, 5.41) is 15.0. The van der Waals surface area contributed by atoms with Crippen molar-refractivity contribution in [2.75, 3.05) is 6.61 Å². The van der Waals surface area contributed by atoms with Gasteiger partial charge in [0.15, 0.2) is 5.76 Å². The van der Waals surface area contributed by atoms with Crippen LogP contribution >= 0.6 is 23.2 Å². The van der Waals surface area contributed by atoms with E-state index in [0.717, 1.165) is 28.3 Å². The number of rotatable bonds is 5. The molecule has 3 rings (SSSR count). The normalized spacial score (nSPS) is 11.1. The van der Waals surface area contributed by atoms with Crippen LogP contribution in [0, 0.1) is 6.92 Å². The highest BCUT2D eigenvalue weighted by Crippen LogP contribution is 2.30. The van der Waals surface area contributed by atoms with Crippen molar-refractivity contribution in [3.05, 3.63) is 63.5 Å². The first-order valence-electron chi connectivity index (χ1n) is 7.24. The molecule has 0 saturated heterocycles. The van der Waals surface area contributed by atoms with Gasteiger partial charge in [-0.3, -0.25) is 4.68 Å². The summed E-state index contributed by atoms with van der Waals surface area (Å²) in [6.45, 7) is 2.37. The summed E-state index contributed by atoms with van der Waals surface area (Å²) in [4.78, 5) is 0. The summed E-state index contributed by atoms with van der Waals surface area (Å²) in [6, 6.07) is 9.21. The average molecular weight is 351 g/mol. The summed E-state index contributed by atoms with van der Waals surface area (Å²) < 4.78 is 7.32. The molecular weight excluding hydrogens is 335 g/mol. The molecule has 23 heavy (non-hydrogen) atoms. The van der Waals surface area contributed by atoms with Gasteiger partial charge in [0, 0.05) is 22.0 Å². The van der Waals surface area contributed by atoms with Crippen molar-refractivity contribution >= 4 is 23.2 Å². The molecule has 0 amide bonds. The second-order valence-electron chi connectivity index (χ2n) is 5.29. The topological polar surface area (TPSA) is 51.2 Å². The van der Waals surface area contributed by atoms with Gasteiger partial charge in [0.25, 0.3) is 0 Å². The third-order valence-corrected chi connectivity index (χ3v) is 4.06. The molecule has 0 saturated carbocycles. The quantitative estimate of drug-likeness (QED) is 0.744. The minimum Gasteiger partial charge on any atom is -0.463 e. The van der Waals surface area contributed by atoms with Crippen LogP contribution in [0.3, 0.4) is 0 Å². The molecule has 6 heteroatoms. The van der Waals surface area contributed by atoms with Gasteiger partial charge in [-0.25, -0.2) is 0 Å². The molecule has 0 aliphatic heterocycles. The second-order valence-corrected chi connectivity index (χ2v) is 6.16. The summed E-state index contributed by atoms with van der Waals surface area (Å²) in [5.41, 5.74) is 3.80. The van der Waals surface area contributed by atoms with E-state index in [4.69, 9.17) is 27.6 Å². The Kier molecular flexibility index (Phi) is 4.76. The first-order valence-corrected chi connectivity index (χ1v) is 8.00. The second kappa shape index (κ2) is 6.79. The first-order chi connectivity index (χ1) is 11.1. The number of nitrogens with zero attached hydrogens (tertiary/aromatic N) is 2. The average Bonchev–Trinajstić information content (AvgIpc) is 3.08. The smallest absolute Gasteiger partial charge is 0.152 e. The minimum absolute atomic E-state index is 0.0112. The molecule has 120 valence electrons. The molecule has 4 nitrogen and oxygen atoms in total. The molecule has 0 fully saturated rings. The van der Waals surface area contributed by atoms with Gasteiger partial charge in [0.2, 0.25) is 0 Å². The summed E-state index contributed by atoms with van der Waals surface area (Å²) in [5.74, 6) is 0.724. The van der Waals surface area contributed by atoms with Crippen molar-refractivity contribution in [3.63, 3.8) is 0 Å². The molecule has 0 radical (unpaired) electrons. The zero-order valence-electron chi connectivity index (χ0n) is 12.6. The van der Waals surface area contributed by atoms with Crippen molar-refractivity contribution in [1.29, 1.82) is 0 Å². The fraction of sp³-hybridized carbons (Fsp3) is 0.235. The highest BCUT2D eigenvalue weighted by Gasteiger charge is 2.19. The SMILES string of the molecule is Cc1nn(CCO)c(-c2ccco2)c1Cc1cc(Cl)cc(Cl)c1. The lowest BCUT2D eigenvalue weighted by molar-refractivity contribution is 0.269. The third-order valence-electron chi connectivity index (χ3n) is 3.62. The van der Waals surface area contributed by atoms with Gasteiger partial charge >= 0.3 is 0 Å². The zero-order valence-corrected chi connectivity index (χ0v) is 14.1. The van der Waals surface area contributed by atoms with Crippen molar-refractivity contribution in [1.82, 2.24) is 9.78 Å². The Morgan fingerprint density at radius 1 is 1.22 bits per heavy atom. The lowest BCUT2D eigenvalue weighted by Gasteiger charge is -2.08. The van der Waals surface area contributed by atoms with Crippen molar-refractivity contribution in [3.8, 4) is 11.5 Å². The Bertz CT molecular complexity index is 790. The summed E-state index contributed by atoms with van der Waals surface area (Å²) in [6.07, 6.45) is 2.26. The maximum Gasteiger partial charge on any atom is 0.152 e. The van der Waals surface area contributed by atoms with E-state index >= 15 is 0 Å². The fourth-order valence-corrected chi connectivity index (χ4v) is 3.26. The molecule has 1 aromatic carbocycles. The van der Waals surface area contributed by atoms with Crippen LogP contribution in [-0.2, 0) is 13.0 Å². The van der Waals surface area contributed by atoms with Crippen LogP contribution in [0.5, 0.6) is 0 Å². The van der Waals surface area contributed by atoms with Crippen LogP contribution in [-0.4, -0.2) is 21.5 Å². The number of hydrogen-bond donors (Lipinski definition) is 1. The van der Waals surface area contributed by atoms with Crippen LogP contribution in [0.15, 0.2) is 41.0 Å². The van der Waals surface area contributed by atoms with Gasteiger partial charge in [-0.2, -0.15) is 5.10 Å². The molecule has 2 heterocycles. The Labute approximate surface area is 144 Å². The molecule has 0 unspecified atom stereocenters. The lowest BCUT2D eigenvalue weighted by atomic mass is 10.0. The Balaban J connectivity index is 2.07. The van der Waals surface area contributed by atoms with Crippen LogP contribution < -0.4 is 0 Å². The molecular formula is C17H16Cl2N2O2. The van der Waals surface area contributed by atoms with E-state index in [1.54, 1.807) is 17.0 Å². The van der Waals surface area contributed by atoms with Crippen LogP contribution in [0.4, 0.5) is 0 Å². The van der Waals surface area contributed by atoms with E-state index in [1.165, 1.54) is 0 Å². The Morgan fingerprint density at radius 2 is 1.96 bits per heavy atom. The molecule has 0 aliphatic carbocycles. The Morgan fingerprint density at radius 3 is 2.57 bits per heavy atom.